The monoisotopic (exact) mass is 382 g/mol. The van der Waals surface area contributed by atoms with Gasteiger partial charge in [-0.25, -0.2) is 0 Å². The van der Waals surface area contributed by atoms with E-state index in [4.69, 9.17) is 9.47 Å². The predicted molar refractivity (Wildman–Crippen MR) is 108 cm³/mol. The third-order valence-electron chi connectivity index (χ3n) is 5.06. The Morgan fingerprint density at radius 2 is 1.75 bits per heavy atom. The van der Waals surface area contributed by atoms with Gasteiger partial charge in [0.1, 0.15) is 11.5 Å². The zero-order valence-electron chi connectivity index (χ0n) is 16.3. The van der Waals surface area contributed by atoms with Crippen LogP contribution in [-0.4, -0.2) is 50.4 Å². The molecule has 0 spiro atoms. The molecule has 0 aromatic heterocycles. The lowest BCUT2D eigenvalue weighted by Crippen LogP contribution is -2.40. The number of ether oxygens (including phenoxy) is 2. The summed E-state index contributed by atoms with van der Waals surface area (Å²) >= 11 is 0. The lowest BCUT2D eigenvalue weighted by Gasteiger charge is -2.30. The second kappa shape index (κ2) is 9.37. The molecule has 3 rings (SSSR count). The molecule has 0 bridgehead atoms. The van der Waals surface area contributed by atoms with Crippen LogP contribution in [-0.2, 0) is 4.79 Å². The zero-order chi connectivity index (χ0) is 19.9. The molecule has 1 aliphatic rings. The van der Waals surface area contributed by atoms with Gasteiger partial charge in [0.05, 0.1) is 26.5 Å². The lowest BCUT2D eigenvalue weighted by molar-refractivity contribution is -0.117. The van der Waals surface area contributed by atoms with E-state index in [0.29, 0.717) is 17.2 Å². The molecule has 1 amide bonds. The van der Waals surface area contributed by atoms with Crippen molar-refractivity contribution in [2.75, 3.05) is 39.2 Å². The normalized spacial score (nSPS) is 15.1. The predicted octanol–water partition coefficient (Wildman–Crippen LogP) is 3.24. The van der Waals surface area contributed by atoms with Crippen LogP contribution in [0, 0.1) is 5.92 Å². The molecule has 1 aliphatic heterocycles. The third-order valence-corrected chi connectivity index (χ3v) is 5.06. The van der Waals surface area contributed by atoms with Gasteiger partial charge in [0, 0.05) is 17.5 Å². The smallest absolute Gasteiger partial charge is 0.238 e. The van der Waals surface area contributed by atoms with Crippen molar-refractivity contribution in [3.63, 3.8) is 0 Å². The van der Waals surface area contributed by atoms with E-state index in [0.717, 1.165) is 31.5 Å². The summed E-state index contributed by atoms with van der Waals surface area (Å²) in [7, 11) is 3.14. The third kappa shape index (κ3) is 4.89. The Bertz CT molecular complexity index is 815. The first-order chi connectivity index (χ1) is 13.6. The summed E-state index contributed by atoms with van der Waals surface area (Å²) in [5.74, 6) is 1.35. The fourth-order valence-electron chi connectivity index (χ4n) is 3.50. The molecule has 1 N–H and O–H groups in total. The molecule has 28 heavy (non-hydrogen) atoms. The van der Waals surface area contributed by atoms with Crippen molar-refractivity contribution in [2.45, 2.75) is 12.8 Å². The minimum absolute atomic E-state index is 0.0280. The van der Waals surface area contributed by atoms with E-state index in [1.165, 1.54) is 0 Å². The number of nitrogens with zero attached hydrogens (tertiary/aromatic N) is 1. The molecule has 2 aromatic rings. The Morgan fingerprint density at radius 1 is 1.04 bits per heavy atom. The van der Waals surface area contributed by atoms with Crippen LogP contribution in [0.2, 0.25) is 0 Å². The first kappa shape index (κ1) is 19.9. The molecule has 0 atom stereocenters. The molecular formula is C22H26N2O4. The quantitative estimate of drug-likeness (QED) is 0.745. The van der Waals surface area contributed by atoms with Gasteiger partial charge in [0.15, 0.2) is 5.78 Å². The van der Waals surface area contributed by atoms with Crippen LogP contribution in [0.5, 0.6) is 11.5 Å². The Labute approximate surface area is 165 Å². The Kier molecular flexibility index (Phi) is 6.66. The van der Waals surface area contributed by atoms with Crippen molar-refractivity contribution in [2.24, 2.45) is 5.92 Å². The van der Waals surface area contributed by atoms with E-state index >= 15 is 0 Å². The van der Waals surface area contributed by atoms with Crippen LogP contribution in [0.4, 0.5) is 5.69 Å². The molecule has 148 valence electrons. The number of carbonyl (C=O) groups excluding carboxylic acids is 2. The van der Waals surface area contributed by atoms with E-state index in [9.17, 15) is 9.59 Å². The maximum absolute atomic E-state index is 12.6. The number of anilines is 1. The Hall–Kier alpha value is -2.86. The lowest BCUT2D eigenvalue weighted by atomic mass is 9.89. The number of benzene rings is 2. The van der Waals surface area contributed by atoms with Gasteiger partial charge in [0.2, 0.25) is 5.91 Å². The van der Waals surface area contributed by atoms with Gasteiger partial charge in [-0.2, -0.15) is 0 Å². The summed E-state index contributed by atoms with van der Waals surface area (Å²) in [6.07, 6.45) is 1.53. The van der Waals surface area contributed by atoms with Crippen LogP contribution in [0.1, 0.15) is 23.2 Å². The Balaban J connectivity index is 1.52. The first-order valence-corrected chi connectivity index (χ1v) is 9.44. The van der Waals surface area contributed by atoms with Crippen molar-refractivity contribution in [1.29, 1.82) is 0 Å². The average Bonchev–Trinajstić information content (AvgIpc) is 2.74. The van der Waals surface area contributed by atoms with Crippen LogP contribution in [0.15, 0.2) is 48.5 Å². The number of hydrogen-bond acceptors (Lipinski definition) is 5. The van der Waals surface area contributed by atoms with Gasteiger partial charge in [-0.05, 0) is 38.1 Å². The molecule has 2 aromatic carbocycles. The van der Waals surface area contributed by atoms with Gasteiger partial charge in [-0.15, -0.1) is 0 Å². The summed E-state index contributed by atoms with van der Waals surface area (Å²) in [5.41, 5.74) is 1.35. The van der Waals surface area contributed by atoms with Crippen molar-refractivity contribution in [3.8, 4) is 11.5 Å². The van der Waals surface area contributed by atoms with Crippen molar-refractivity contribution in [1.82, 2.24) is 4.90 Å². The highest BCUT2D eigenvalue weighted by Gasteiger charge is 2.26. The van der Waals surface area contributed by atoms with Gasteiger partial charge in [-0.3, -0.25) is 14.5 Å². The summed E-state index contributed by atoms with van der Waals surface area (Å²) < 4.78 is 10.5. The SMILES string of the molecule is COc1ccc(OC)c(NC(=O)CN2CCC(C(=O)c3ccccc3)CC2)c1. The van der Waals surface area contributed by atoms with Crippen molar-refractivity contribution in [3.05, 3.63) is 54.1 Å². The fraction of sp³-hybridized carbons (Fsp3) is 0.364. The highest BCUT2D eigenvalue weighted by molar-refractivity contribution is 5.98. The van der Waals surface area contributed by atoms with E-state index in [2.05, 4.69) is 10.2 Å². The molecule has 6 heteroatoms. The number of hydrogen-bond donors (Lipinski definition) is 1. The van der Waals surface area contributed by atoms with Crippen LogP contribution in [0.3, 0.4) is 0 Å². The largest absolute Gasteiger partial charge is 0.497 e. The van der Waals surface area contributed by atoms with Gasteiger partial charge in [0.25, 0.3) is 0 Å². The number of nitrogens with one attached hydrogen (secondary N) is 1. The van der Waals surface area contributed by atoms with E-state index in [-0.39, 0.29) is 24.2 Å². The maximum atomic E-state index is 12.6. The number of carbonyl (C=O) groups is 2. The first-order valence-electron chi connectivity index (χ1n) is 9.44. The molecule has 6 nitrogen and oxygen atoms in total. The number of rotatable bonds is 7. The van der Waals surface area contributed by atoms with Crippen LogP contribution < -0.4 is 14.8 Å². The summed E-state index contributed by atoms with van der Waals surface area (Å²) in [6.45, 7) is 1.74. The molecule has 0 aliphatic carbocycles. The van der Waals surface area contributed by atoms with Gasteiger partial charge in [-0.1, -0.05) is 30.3 Å². The minimum Gasteiger partial charge on any atom is -0.497 e. The number of Topliss-reactive ketones (excluding diaryl/α,β-unsaturated/α-hetero) is 1. The van der Waals surface area contributed by atoms with E-state index < -0.39 is 0 Å². The number of piperidine rings is 1. The Morgan fingerprint density at radius 3 is 2.39 bits per heavy atom. The summed E-state index contributed by atoms with van der Waals surface area (Å²) in [6, 6.07) is 14.7. The maximum Gasteiger partial charge on any atom is 0.238 e. The van der Waals surface area contributed by atoms with Gasteiger partial charge < -0.3 is 14.8 Å². The summed E-state index contributed by atoms with van der Waals surface area (Å²) in [5, 5.41) is 2.89. The van der Waals surface area contributed by atoms with E-state index in [1.54, 1.807) is 32.4 Å². The second-order valence-corrected chi connectivity index (χ2v) is 6.90. The molecule has 0 unspecified atom stereocenters. The molecule has 1 saturated heterocycles. The molecule has 1 fully saturated rings. The molecule has 1 heterocycles. The highest BCUT2D eigenvalue weighted by atomic mass is 16.5. The number of likely N-dealkylation sites (tertiary alicyclic amines) is 1. The summed E-state index contributed by atoms with van der Waals surface area (Å²) in [4.78, 5) is 27.1. The van der Waals surface area contributed by atoms with Crippen LogP contribution >= 0.6 is 0 Å². The molecular weight excluding hydrogens is 356 g/mol. The molecule has 0 saturated carbocycles. The van der Waals surface area contributed by atoms with Gasteiger partial charge >= 0.3 is 0 Å². The number of ketones is 1. The number of methoxy groups -OCH3 is 2. The molecule has 0 radical (unpaired) electrons. The average molecular weight is 382 g/mol. The topological polar surface area (TPSA) is 67.9 Å². The van der Waals surface area contributed by atoms with Crippen molar-refractivity contribution >= 4 is 17.4 Å². The fourth-order valence-corrected chi connectivity index (χ4v) is 3.50. The highest BCUT2D eigenvalue weighted by Crippen LogP contribution is 2.29. The van der Waals surface area contributed by atoms with Crippen LogP contribution in [0.25, 0.3) is 0 Å². The zero-order valence-corrected chi connectivity index (χ0v) is 16.3. The second-order valence-electron chi connectivity index (χ2n) is 6.90. The van der Waals surface area contributed by atoms with Crippen molar-refractivity contribution < 1.29 is 19.1 Å². The standard InChI is InChI=1S/C22H26N2O4/c1-27-18-8-9-20(28-2)19(14-18)23-21(25)15-24-12-10-17(11-13-24)22(26)16-6-4-3-5-7-16/h3-9,14,17H,10-13,15H2,1-2H3,(H,23,25). The minimum atomic E-state index is -0.112. The number of amides is 1. The van der Waals surface area contributed by atoms with E-state index in [1.807, 2.05) is 30.3 Å².